The van der Waals surface area contributed by atoms with Gasteiger partial charge in [-0.15, -0.1) is 0 Å². The van der Waals surface area contributed by atoms with Crippen molar-refractivity contribution < 1.29 is 9.53 Å². The van der Waals surface area contributed by atoms with E-state index in [9.17, 15) is 14.4 Å². The van der Waals surface area contributed by atoms with Crippen LogP contribution in [0.5, 0.6) is 5.75 Å². The SMILES string of the molecule is O=C(CCn1c(=O)[nH]c(=O)c2ccccc21)NC1COc2ccccc2C1. The highest BCUT2D eigenvalue weighted by Crippen LogP contribution is 2.23. The third-order valence-corrected chi connectivity index (χ3v) is 4.71. The Balaban J connectivity index is 1.44. The standard InChI is InChI=1S/C20H19N3O4/c24-18(21-14-11-13-5-1-4-8-17(13)27-12-14)9-10-23-16-7-3-2-6-15(16)19(25)22-20(23)26/h1-8,14H,9-12H2,(H,21,24)(H,22,25,26). The number of carbonyl (C=O) groups excluding carboxylic acids is 1. The van der Waals surface area contributed by atoms with Gasteiger partial charge in [0.05, 0.1) is 16.9 Å². The molecule has 0 saturated heterocycles. The second-order valence-corrected chi connectivity index (χ2v) is 6.57. The molecule has 0 saturated carbocycles. The van der Waals surface area contributed by atoms with Crippen molar-refractivity contribution in [3.63, 3.8) is 0 Å². The Kier molecular flexibility index (Phi) is 4.50. The molecule has 0 bridgehead atoms. The molecule has 2 aromatic carbocycles. The second-order valence-electron chi connectivity index (χ2n) is 6.57. The highest BCUT2D eigenvalue weighted by atomic mass is 16.5. The summed E-state index contributed by atoms with van der Waals surface area (Å²) < 4.78 is 7.10. The van der Waals surface area contributed by atoms with Crippen molar-refractivity contribution in [2.24, 2.45) is 0 Å². The van der Waals surface area contributed by atoms with Crippen LogP contribution in [0.2, 0.25) is 0 Å². The largest absolute Gasteiger partial charge is 0.491 e. The minimum Gasteiger partial charge on any atom is -0.491 e. The number of para-hydroxylation sites is 2. The molecule has 0 radical (unpaired) electrons. The molecule has 27 heavy (non-hydrogen) atoms. The van der Waals surface area contributed by atoms with E-state index in [1.165, 1.54) is 4.57 Å². The van der Waals surface area contributed by atoms with Crippen LogP contribution in [-0.4, -0.2) is 28.1 Å². The van der Waals surface area contributed by atoms with E-state index in [-0.39, 0.29) is 24.9 Å². The van der Waals surface area contributed by atoms with Crippen LogP contribution >= 0.6 is 0 Å². The minimum absolute atomic E-state index is 0.101. The fraction of sp³-hybridized carbons (Fsp3) is 0.250. The van der Waals surface area contributed by atoms with Crippen LogP contribution in [0.4, 0.5) is 0 Å². The van der Waals surface area contributed by atoms with E-state index in [4.69, 9.17) is 4.74 Å². The van der Waals surface area contributed by atoms with E-state index in [1.54, 1.807) is 24.3 Å². The van der Waals surface area contributed by atoms with Gasteiger partial charge >= 0.3 is 5.69 Å². The number of aromatic nitrogens is 2. The summed E-state index contributed by atoms with van der Waals surface area (Å²) in [4.78, 5) is 38.7. The highest BCUT2D eigenvalue weighted by Gasteiger charge is 2.21. The van der Waals surface area contributed by atoms with Gasteiger partial charge in [-0.3, -0.25) is 19.1 Å². The Morgan fingerprint density at radius 2 is 1.93 bits per heavy atom. The summed E-state index contributed by atoms with van der Waals surface area (Å²) in [6, 6.07) is 14.5. The number of nitrogens with one attached hydrogen (secondary N) is 2. The zero-order valence-electron chi connectivity index (χ0n) is 14.6. The Morgan fingerprint density at radius 3 is 2.81 bits per heavy atom. The molecule has 1 amide bonds. The molecule has 1 unspecified atom stereocenters. The third-order valence-electron chi connectivity index (χ3n) is 4.71. The lowest BCUT2D eigenvalue weighted by atomic mass is 10.0. The molecule has 2 heterocycles. The van der Waals surface area contributed by atoms with Crippen LogP contribution in [0.1, 0.15) is 12.0 Å². The number of hydrogen-bond acceptors (Lipinski definition) is 4. The van der Waals surface area contributed by atoms with Crippen LogP contribution < -0.4 is 21.3 Å². The topological polar surface area (TPSA) is 93.2 Å². The number of fused-ring (bicyclic) bond motifs is 2. The van der Waals surface area contributed by atoms with Crippen molar-refractivity contribution in [2.75, 3.05) is 6.61 Å². The number of nitrogens with zero attached hydrogens (tertiary/aromatic N) is 1. The van der Waals surface area contributed by atoms with Gasteiger partial charge in [-0.05, 0) is 30.2 Å². The van der Waals surface area contributed by atoms with E-state index < -0.39 is 11.2 Å². The van der Waals surface area contributed by atoms with Crippen LogP contribution in [0.3, 0.4) is 0 Å². The van der Waals surface area contributed by atoms with Crippen LogP contribution in [0.15, 0.2) is 58.1 Å². The second kappa shape index (κ2) is 7.11. The molecule has 0 fully saturated rings. The van der Waals surface area contributed by atoms with Gasteiger partial charge in [0.15, 0.2) is 0 Å². The summed E-state index contributed by atoms with van der Waals surface area (Å²) in [5.41, 5.74) is 0.654. The first-order chi connectivity index (χ1) is 13.1. The summed E-state index contributed by atoms with van der Waals surface area (Å²) in [5.74, 6) is 0.694. The Bertz CT molecular complexity index is 1120. The van der Waals surface area contributed by atoms with Gasteiger partial charge in [0.2, 0.25) is 5.91 Å². The number of aromatic amines is 1. The van der Waals surface area contributed by atoms with Gasteiger partial charge in [0, 0.05) is 13.0 Å². The highest BCUT2D eigenvalue weighted by molar-refractivity contribution is 5.79. The fourth-order valence-corrected chi connectivity index (χ4v) is 3.40. The molecule has 138 valence electrons. The van der Waals surface area contributed by atoms with E-state index in [0.717, 1.165) is 11.3 Å². The maximum atomic E-state index is 12.4. The zero-order valence-corrected chi connectivity index (χ0v) is 14.6. The van der Waals surface area contributed by atoms with Crippen LogP contribution in [0.25, 0.3) is 10.9 Å². The summed E-state index contributed by atoms with van der Waals surface area (Å²) in [7, 11) is 0. The van der Waals surface area contributed by atoms with E-state index >= 15 is 0 Å². The van der Waals surface area contributed by atoms with Crippen molar-refractivity contribution >= 4 is 16.8 Å². The molecule has 7 heteroatoms. The van der Waals surface area contributed by atoms with Crippen LogP contribution in [0, 0.1) is 0 Å². The predicted octanol–water partition coefficient (Wildman–Crippen LogP) is 1.20. The Labute approximate surface area is 154 Å². The first-order valence-electron chi connectivity index (χ1n) is 8.84. The molecule has 2 N–H and O–H groups in total. The molecule has 0 spiro atoms. The smallest absolute Gasteiger partial charge is 0.328 e. The predicted molar refractivity (Wildman–Crippen MR) is 101 cm³/mol. The number of carbonyl (C=O) groups is 1. The molecule has 1 atom stereocenters. The fourth-order valence-electron chi connectivity index (χ4n) is 3.40. The molecule has 1 aliphatic heterocycles. The number of H-pyrrole nitrogens is 1. The maximum Gasteiger partial charge on any atom is 0.328 e. The molecular weight excluding hydrogens is 346 g/mol. The van der Waals surface area contributed by atoms with Crippen molar-refractivity contribution in [1.82, 2.24) is 14.9 Å². The molecule has 4 rings (SSSR count). The summed E-state index contributed by atoms with van der Waals surface area (Å²) in [6.45, 7) is 0.608. The maximum absolute atomic E-state index is 12.4. The van der Waals surface area contributed by atoms with Crippen LogP contribution in [-0.2, 0) is 17.8 Å². The Hall–Kier alpha value is -3.35. The lowest BCUT2D eigenvalue weighted by Gasteiger charge is -2.26. The van der Waals surface area contributed by atoms with E-state index in [0.29, 0.717) is 23.9 Å². The number of ether oxygens (including phenoxy) is 1. The molecule has 0 aliphatic carbocycles. The van der Waals surface area contributed by atoms with E-state index in [1.807, 2.05) is 24.3 Å². The number of amides is 1. The van der Waals surface area contributed by atoms with Gasteiger partial charge in [-0.1, -0.05) is 30.3 Å². The molecular formula is C20H19N3O4. The first-order valence-corrected chi connectivity index (χ1v) is 8.84. The van der Waals surface area contributed by atoms with Gasteiger partial charge in [-0.2, -0.15) is 0 Å². The zero-order chi connectivity index (χ0) is 18.8. The monoisotopic (exact) mass is 365 g/mol. The number of benzene rings is 2. The van der Waals surface area contributed by atoms with Crippen molar-refractivity contribution in [3.8, 4) is 5.75 Å². The molecule has 7 nitrogen and oxygen atoms in total. The normalized spacial score (nSPS) is 15.8. The first kappa shape index (κ1) is 17.1. The molecule has 3 aromatic rings. The Morgan fingerprint density at radius 1 is 1.15 bits per heavy atom. The van der Waals surface area contributed by atoms with Gasteiger partial charge in [-0.25, -0.2) is 4.79 Å². The third kappa shape index (κ3) is 3.48. The number of aryl methyl sites for hydroxylation is 1. The number of rotatable bonds is 4. The molecule has 1 aliphatic rings. The van der Waals surface area contributed by atoms with Crippen molar-refractivity contribution in [3.05, 3.63) is 74.9 Å². The average Bonchev–Trinajstić information content (AvgIpc) is 2.68. The summed E-state index contributed by atoms with van der Waals surface area (Å²) >= 11 is 0. The summed E-state index contributed by atoms with van der Waals surface area (Å²) in [6.07, 6.45) is 0.845. The average molecular weight is 365 g/mol. The lowest BCUT2D eigenvalue weighted by molar-refractivity contribution is -0.122. The van der Waals surface area contributed by atoms with Crippen molar-refractivity contribution in [1.29, 1.82) is 0 Å². The minimum atomic E-state index is -0.513. The van der Waals surface area contributed by atoms with Crippen molar-refractivity contribution in [2.45, 2.75) is 25.4 Å². The summed E-state index contributed by atoms with van der Waals surface area (Å²) in [5, 5.41) is 3.38. The van der Waals surface area contributed by atoms with Gasteiger partial charge in [0.1, 0.15) is 12.4 Å². The van der Waals surface area contributed by atoms with Gasteiger partial charge in [0.25, 0.3) is 5.56 Å². The lowest BCUT2D eigenvalue weighted by Crippen LogP contribution is -2.43. The number of hydrogen-bond donors (Lipinski definition) is 2. The van der Waals surface area contributed by atoms with Gasteiger partial charge < -0.3 is 10.1 Å². The van der Waals surface area contributed by atoms with E-state index in [2.05, 4.69) is 10.3 Å². The quantitative estimate of drug-likeness (QED) is 0.727. The molecule has 1 aromatic heterocycles.